The highest BCUT2D eigenvalue weighted by atomic mass is 16.5. The number of carbonyl (C=O) groups excluding carboxylic acids is 1. The molecule has 0 aliphatic rings. The molecule has 0 fully saturated rings. The van der Waals surface area contributed by atoms with Gasteiger partial charge in [-0.1, -0.05) is 30.3 Å². The molecule has 4 aromatic rings. The number of rotatable bonds is 10. The van der Waals surface area contributed by atoms with Crippen molar-refractivity contribution in [1.29, 1.82) is 0 Å². The summed E-state index contributed by atoms with van der Waals surface area (Å²) in [4.78, 5) is 12.6. The number of ketones is 1. The van der Waals surface area contributed by atoms with Crippen LogP contribution in [0.5, 0.6) is 17.2 Å². The zero-order chi connectivity index (χ0) is 23.0. The maximum absolute atomic E-state index is 12.6. The van der Waals surface area contributed by atoms with Crippen molar-refractivity contribution in [2.45, 2.75) is 19.8 Å². The van der Waals surface area contributed by atoms with Gasteiger partial charge in [-0.15, -0.1) is 10.2 Å². The highest BCUT2D eigenvalue weighted by Crippen LogP contribution is 2.32. The van der Waals surface area contributed by atoms with Crippen molar-refractivity contribution >= 4 is 5.78 Å². The fraction of sp³-hybridized carbons (Fsp3) is 0.200. The summed E-state index contributed by atoms with van der Waals surface area (Å²) >= 11 is 0. The molecule has 0 atom stereocenters. The van der Waals surface area contributed by atoms with Crippen LogP contribution in [0.1, 0.15) is 34.3 Å². The predicted molar refractivity (Wildman–Crippen MR) is 123 cm³/mol. The van der Waals surface area contributed by atoms with Crippen LogP contribution in [-0.4, -0.2) is 44.7 Å². The number of hydrogen-bond acceptors (Lipinski definition) is 7. The zero-order valence-electron chi connectivity index (χ0n) is 18.2. The third kappa shape index (κ3) is 5.35. The molecule has 0 saturated carbocycles. The molecular weight excluding hydrogens is 420 g/mol. The maximum atomic E-state index is 12.6. The Morgan fingerprint density at radius 2 is 1.67 bits per heavy atom. The summed E-state index contributed by atoms with van der Waals surface area (Å²) in [5.74, 6) is 1.61. The standard InChI is InChI=1S/C25H24N4O4/c1-17-22(14-13-21(23(17)30)24(31)18-7-3-2-4-8-18)33-16-6-5-15-32-20-11-9-19(10-12-20)25-26-28-29-27-25/h2-4,7-14,30H,5-6,15-16H2,1H3,(H,26,27,28,29). The summed E-state index contributed by atoms with van der Waals surface area (Å²) in [5.41, 5.74) is 2.21. The monoisotopic (exact) mass is 444 g/mol. The summed E-state index contributed by atoms with van der Waals surface area (Å²) in [6.07, 6.45) is 1.59. The van der Waals surface area contributed by atoms with Gasteiger partial charge in [0, 0.05) is 16.7 Å². The van der Waals surface area contributed by atoms with Gasteiger partial charge in [-0.25, -0.2) is 0 Å². The fourth-order valence-corrected chi connectivity index (χ4v) is 3.33. The van der Waals surface area contributed by atoms with Crippen LogP contribution < -0.4 is 9.47 Å². The minimum atomic E-state index is -0.217. The van der Waals surface area contributed by atoms with E-state index in [0.29, 0.717) is 35.9 Å². The number of phenols is 1. The number of tetrazole rings is 1. The number of aromatic hydroxyl groups is 1. The number of carbonyl (C=O) groups is 1. The molecule has 0 bridgehead atoms. The Bertz CT molecular complexity index is 1190. The van der Waals surface area contributed by atoms with Crippen molar-refractivity contribution in [2.75, 3.05) is 13.2 Å². The molecule has 1 aromatic heterocycles. The molecule has 0 amide bonds. The highest BCUT2D eigenvalue weighted by Gasteiger charge is 2.17. The van der Waals surface area contributed by atoms with Crippen LogP contribution in [0.25, 0.3) is 11.4 Å². The van der Waals surface area contributed by atoms with E-state index in [0.717, 1.165) is 24.2 Å². The minimum absolute atomic E-state index is 0.0473. The number of unbranched alkanes of at least 4 members (excludes halogenated alkanes) is 1. The van der Waals surface area contributed by atoms with Gasteiger partial charge in [-0.3, -0.25) is 4.79 Å². The van der Waals surface area contributed by atoms with Gasteiger partial charge in [0.2, 0.25) is 5.82 Å². The Kier molecular flexibility index (Phi) is 6.94. The van der Waals surface area contributed by atoms with Gasteiger partial charge in [-0.05, 0) is 61.4 Å². The highest BCUT2D eigenvalue weighted by molar-refractivity contribution is 6.11. The smallest absolute Gasteiger partial charge is 0.204 e. The van der Waals surface area contributed by atoms with Gasteiger partial charge in [0.25, 0.3) is 0 Å². The molecule has 0 radical (unpaired) electrons. The summed E-state index contributed by atoms with van der Waals surface area (Å²) in [6, 6.07) is 19.7. The van der Waals surface area contributed by atoms with Crippen molar-refractivity contribution in [3.63, 3.8) is 0 Å². The Labute approximate surface area is 191 Å². The predicted octanol–water partition coefficient (Wildman–Crippen LogP) is 4.35. The lowest BCUT2D eigenvalue weighted by Gasteiger charge is -2.13. The molecule has 168 valence electrons. The number of benzene rings is 3. The fourth-order valence-electron chi connectivity index (χ4n) is 3.33. The van der Waals surface area contributed by atoms with Crippen LogP contribution in [0.4, 0.5) is 0 Å². The van der Waals surface area contributed by atoms with E-state index in [4.69, 9.17) is 9.47 Å². The number of ether oxygens (including phenoxy) is 2. The van der Waals surface area contributed by atoms with E-state index < -0.39 is 0 Å². The van der Waals surface area contributed by atoms with Gasteiger partial charge in [-0.2, -0.15) is 5.21 Å². The summed E-state index contributed by atoms with van der Waals surface area (Å²) in [5, 5.41) is 24.4. The van der Waals surface area contributed by atoms with Gasteiger partial charge in [0.1, 0.15) is 17.2 Å². The second kappa shape index (κ2) is 10.4. The first-order chi connectivity index (χ1) is 16.1. The Morgan fingerprint density at radius 1 is 0.939 bits per heavy atom. The van der Waals surface area contributed by atoms with E-state index in [1.54, 1.807) is 43.3 Å². The number of aromatic nitrogens is 4. The largest absolute Gasteiger partial charge is 0.507 e. The molecule has 2 N–H and O–H groups in total. The van der Waals surface area contributed by atoms with Crippen molar-refractivity contribution < 1.29 is 19.4 Å². The summed E-state index contributed by atoms with van der Waals surface area (Å²) < 4.78 is 11.6. The van der Waals surface area contributed by atoms with Gasteiger partial charge in [0.05, 0.1) is 18.8 Å². The maximum Gasteiger partial charge on any atom is 0.204 e. The van der Waals surface area contributed by atoms with E-state index in [9.17, 15) is 9.90 Å². The zero-order valence-corrected chi connectivity index (χ0v) is 18.2. The Morgan fingerprint density at radius 3 is 2.36 bits per heavy atom. The SMILES string of the molecule is Cc1c(OCCCCOc2ccc(-c3nn[nH]n3)cc2)ccc(C(=O)c2ccccc2)c1O. The number of nitrogens with zero attached hydrogens (tertiary/aromatic N) is 3. The molecule has 0 saturated heterocycles. The van der Waals surface area contributed by atoms with E-state index in [1.807, 2.05) is 30.3 Å². The second-order valence-corrected chi connectivity index (χ2v) is 7.44. The van der Waals surface area contributed by atoms with Crippen LogP contribution in [0, 0.1) is 6.92 Å². The molecule has 0 spiro atoms. The minimum Gasteiger partial charge on any atom is -0.507 e. The van der Waals surface area contributed by atoms with Crippen LogP contribution >= 0.6 is 0 Å². The number of phenolic OH excluding ortho intramolecular Hbond substituents is 1. The first-order valence-corrected chi connectivity index (χ1v) is 10.7. The molecule has 0 aliphatic heterocycles. The normalized spacial score (nSPS) is 10.7. The molecular formula is C25H24N4O4. The van der Waals surface area contributed by atoms with Crippen LogP contribution in [-0.2, 0) is 0 Å². The van der Waals surface area contributed by atoms with Crippen molar-refractivity contribution in [2.24, 2.45) is 0 Å². The van der Waals surface area contributed by atoms with Gasteiger partial charge >= 0.3 is 0 Å². The molecule has 1 heterocycles. The van der Waals surface area contributed by atoms with E-state index in [1.165, 1.54) is 0 Å². The molecule has 8 heteroatoms. The van der Waals surface area contributed by atoms with Gasteiger partial charge in [0.15, 0.2) is 5.78 Å². The lowest BCUT2D eigenvalue weighted by Crippen LogP contribution is -2.05. The lowest BCUT2D eigenvalue weighted by molar-refractivity contribution is 0.103. The van der Waals surface area contributed by atoms with E-state index in [-0.39, 0.29) is 17.1 Å². The second-order valence-electron chi connectivity index (χ2n) is 7.44. The molecule has 0 aliphatic carbocycles. The topological polar surface area (TPSA) is 110 Å². The lowest BCUT2D eigenvalue weighted by atomic mass is 10.00. The van der Waals surface area contributed by atoms with Crippen LogP contribution in [0.15, 0.2) is 66.7 Å². The molecule has 33 heavy (non-hydrogen) atoms. The van der Waals surface area contributed by atoms with Crippen molar-refractivity contribution in [1.82, 2.24) is 20.6 Å². The number of hydrogen-bond donors (Lipinski definition) is 2. The molecule has 0 unspecified atom stereocenters. The molecule has 3 aromatic carbocycles. The average molecular weight is 444 g/mol. The van der Waals surface area contributed by atoms with Crippen LogP contribution in [0.3, 0.4) is 0 Å². The molecule has 8 nitrogen and oxygen atoms in total. The van der Waals surface area contributed by atoms with E-state index >= 15 is 0 Å². The molecule has 4 rings (SSSR count). The third-order valence-electron chi connectivity index (χ3n) is 5.18. The first kappa shape index (κ1) is 22.0. The van der Waals surface area contributed by atoms with Crippen molar-refractivity contribution in [3.05, 3.63) is 83.4 Å². The quantitative estimate of drug-likeness (QED) is 0.276. The Hall–Kier alpha value is -4.20. The average Bonchev–Trinajstić information content (AvgIpc) is 3.39. The summed E-state index contributed by atoms with van der Waals surface area (Å²) in [6.45, 7) is 2.78. The number of aromatic amines is 1. The summed E-state index contributed by atoms with van der Waals surface area (Å²) in [7, 11) is 0. The van der Waals surface area contributed by atoms with Crippen LogP contribution in [0.2, 0.25) is 0 Å². The third-order valence-corrected chi connectivity index (χ3v) is 5.18. The first-order valence-electron chi connectivity index (χ1n) is 10.7. The number of nitrogens with one attached hydrogen (secondary N) is 1. The van der Waals surface area contributed by atoms with Gasteiger partial charge < -0.3 is 14.6 Å². The Balaban J connectivity index is 1.23. The van der Waals surface area contributed by atoms with E-state index in [2.05, 4.69) is 20.6 Å². The number of H-pyrrole nitrogens is 1. The van der Waals surface area contributed by atoms with Crippen molar-refractivity contribution in [3.8, 4) is 28.6 Å².